The van der Waals surface area contributed by atoms with Crippen LogP contribution >= 0.6 is 11.6 Å². The monoisotopic (exact) mass is 189 g/mol. The summed E-state index contributed by atoms with van der Waals surface area (Å²) in [5.74, 6) is -1.81. The van der Waals surface area contributed by atoms with E-state index in [1.807, 2.05) is 0 Å². The highest BCUT2D eigenvalue weighted by Gasteiger charge is 2.10. The zero-order valence-corrected chi connectivity index (χ0v) is 6.68. The number of carboxylic acids is 1. The van der Waals surface area contributed by atoms with E-state index in [2.05, 4.69) is 4.98 Å². The lowest BCUT2D eigenvalue weighted by molar-refractivity contribution is -0.136. The predicted octanol–water partition coefficient (Wildman–Crippen LogP) is 1.50. The molecule has 0 fully saturated rings. The molecule has 64 valence electrons. The molecule has 0 aliphatic rings. The highest BCUT2D eigenvalue weighted by molar-refractivity contribution is 6.31. The predicted molar refractivity (Wildman–Crippen MR) is 40.5 cm³/mol. The van der Waals surface area contributed by atoms with Gasteiger partial charge in [0.05, 0.1) is 17.6 Å². The van der Waals surface area contributed by atoms with E-state index in [-0.39, 0.29) is 10.6 Å². The summed E-state index contributed by atoms with van der Waals surface area (Å²) in [6.07, 6.45) is 1.72. The van der Waals surface area contributed by atoms with Gasteiger partial charge in [0.2, 0.25) is 0 Å². The Kier molecular flexibility index (Phi) is 2.60. The average Bonchev–Trinajstić information content (AvgIpc) is 1.97. The number of aliphatic carboxylic acids is 1. The van der Waals surface area contributed by atoms with Crippen molar-refractivity contribution in [2.45, 2.75) is 6.42 Å². The van der Waals surface area contributed by atoms with Crippen molar-refractivity contribution in [1.82, 2.24) is 4.98 Å². The van der Waals surface area contributed by atoms with Gasteiger partial charge in [-0.3, -0.25) is 9.78 Å². The van der Waals surface area contributed by atoms with Gasteiger partial charge in [0.25, 0.3) is 0 Å². The molecule has 1 aromatic heterocycles. The Bertz CT molecular complexity index is 296. The molecule has 0 saturated carbocycles. The molecule has 0 atom stereocenters. The standard InChI is InChI=1S/C7H5ClFNO2/c8-5-2-10-3-6(9)4(5)1-7(11)12/h2-3H,1H2,(H,11,12). The summed E-state index contributed by atoms with van der Waals surface area (Å²) in [7, 11) is 0. The molecule has 1 heterocycles. The molecule has 3 nitrogen and oxygen atoms in total. The number of nitrogens with zero attached hydrogens (tertiary/aromatic N) is 1. The van der Waals surface area contributed by atoms with Crippen LogP contribution in [-0.4, -0.2) is 16.1 Å². The highest BCUT2D eigenvalue weighted by atomic mass is 35.5. The number of rotatable bonds is 2. The molecule has 0 aliphatic carbocycles. The van der Waals surface area contributed by atoms with Crippen LogP contribution in [-0.2, 0) is 11.2 Å². The van der Waals surface area contributed by atoms with Gasteiger partial charge in [-0.05, 0) is 0 Å². The Morgan fingerprint density at radius 2 is 2.33 bits per heavy atom. The summed E-state index contributed by atoms with van der Waals surface area (Å²) in [5, 5.41) is 8.41. The van der Waals surface area contributed by atoms with Crippen molar-refractivity contribution in [3.8, 4) is 0 Å². The van der Waals surface area contributed by atoms with Gasteiger partial charge in [-0.15, -0.1) is 0 Å². The van der Waals surface area contributed by atoms with Gasteiger partial charge in [0, 0.05) is 11.8 Å². The van der Waals surface area contributed by atoms with Crippen molar-refractivity contribution in [3.05, 3.63) is 28.8 Å². The van der Waals surface area contributed by atoms with Crippen molar-refractivity contribution < 1.29 is 14.3 Å². The Balaban J connectivity index is 3.04. The van der Waals surface area contributed by atoms with Crippen LogP contribution in [0.4, 0.5) is 4.39 Å². The van der Waals surface area contributed by atoms with Gasteiger partial charge in [-0.1, -0.05) is 11.6 Å². The topological polar surface area (TPSA) is 50.2 Å². The number of aromatic nitrogens is 1. The first-order valence-corrected chi connectivity index (χ1v) is 3.48. The SMILES string of the molecule is O=C(O)Cc1c(F)cncc1Cl. The van der Waals surface area contributed by atoms with Crippen LogP contribution in [0.1, 0.15) is 5.56 Å². The van der Waals surface area contributed by atoms with Crippen LogP contribution in [0.2, 0.25) is 5.02 Å². The van der Waals surface area contributed by atoms with E-state index in [1.165, 1.54) is 6.20 Å². The molecule has 1 aromatic rings. The van der Waals surface area contributed by atoms with Crippen molar-refractivity contribution in [1.29, 1.82) is 0 Å². The minimum atomic E-state index is -1.12. The van der Waals surface area contributed by atoms with Gasteiger partial charge in [-0.25, -0.2) is 4.39 Å². The van der Waals surface area contributed by atoms with Crippen LogP contribution in [0.3, 0.4) is 0 Å². The van der Waals surface area contributed by atoms with Crippen molar-refractivity contribution in [2.24, 2.45) is 0 Å². The lowest BCUT2D eigenvalue weighted by Gasteiger charge is -2.00. The minimum Gasteiger partial charge on any atom is -0.481 e. The van der Waals surface area contributed by atoms with Crippen LogP contribution in [0.5, 0.6) is 0 Å². The van der Waals surface area contributed by atoms with Crippen LogP contribution in [0.25, 0.3) is 0 Å². The summed E-state index contributed by atoms with van der Waals surface area (Å²) in [4.78, 5) is 13.7. The van der Waals surface area contributed by atoms with Gasteiger partial charge in [0.1, 0.15) is 5.82 Å². The zero-order chi connectivity index (χ0) is 9.14. The fourth-order valence-corrected chi connectivity index (χ4v) is 0.972. The third-order valence-corrected chi connectivity index (χ3v) is 1.61. The fourth-order valence-electron chi connectivity index (χ4n) is 0.758. The van der Waals surface area contributed by atoms with E-state index in [9.17, 15) is 9.18 Å². The largest absolute Gasteiger partial charge is 0.481 e. The maximum Gasteiger partial charge on any atom is 0.307 e. The third-order valence-electron chi connectivity index (χ3n) is 1.28. The number of carbonyl (C=O) groups is 1. The number of carboxylic acid groups (broad SMARTS) is 1. The lowest BCUT2D eigenvalue weighted by Crippen LogP contribution is -2.03. The first-order chi connectivity index (χ1) is 5.61. The lowest BCUT2D eigenvalue weighted by atomic mass is 10.2. The second-order valence-electron chi connectivity index (χ2n) is 2.15. The molecule has 12 heavy (non-hydrogen) atoms. The normalized spacial score (nSPS) is 9.83. The van der Waals surface area contributed by atoms with Gasteiger partial charge in [-0.2, -0.15) is 0 Å². The second kappa shape index (κ2) is 3.49. The molecular weight excluding hydrogens is 185 g/mol. The molecule has 0 amide bonds. The Morgan fingerprint density at radius 1 is 1.67 bits per heavy atom. The minimum absolute atomic E-state index is 0.0285. The number of pyridine rings is 1. The molecule has 0 aromatic carbocycles. The summed E-state index contributed by atoms with van der Waals surface area (Å²) < 4.78 is 12.8. The van der Waals surface area contributed by atoms with E-state index >= 15 is 0 Å². The summed E-state index contributed by atoms with van der Waals surface area (Å²) >= 11 is 5.51. The van der Waals surface area contributed by atoms with Crippen molar-refractivity contribution >= 4 is 17.6 Å². The quantitative estimate of drug-likeness (QED) is 0.767. The Labute approximate surface area is 72.8 Å². The van der Waals surface area contributed by atoms with Crippen LogP contribution < -0.4 is 0 Å². The number of hydrogen-bond donors (Lipinski definition) is 1. The number of halogens is 2. The molecule has 0 radical (unpaired) electrons. The van der Waals surface area contributed by atoms with E-state index < -0.39 is 18.2 Å². The van der Waals surface area contributed by atoms with Crippen molar-refractivity contribution in [2.75, 3.05) is 0 Å². The molecule has 5 heteroatoms. The molecule has 0 aliphatic heterocycles. The van der Waals surface area contributed by atoms with Crippen LogP contribution in [0, 0.1) is 5.82 Å². The van der Waals surface area contributed by atoms with E-state index in [1.54, 1.807) is 0 Å². The molecular formula is C7H5ClFNO2. The summed E-state index contributed by atoms with van der Waals surface area (Å²) in [5.41, 5.74) is -0.0285. The Morgan fingerprint density at radius 3 is 2.83 bits per heavy atom. The second-order valence-corrected chi connectivity index (χ2v) is 2.56. The first kappa shape index (κ1) is 8.93. The van der Waals surface area contributed by atoms with E-state index in [0.29, 0.717) is 0 Å². The van der Waals surface area contributed by atoms with Gasteiger partial charge >= 0.3 is 5.97 Å². The van der Waals surface area contributed by atoms with Crippen molar-refractivity contribution in [3.63, 3.8) is 0 Å². The summed E-state index contributed by atoms with van der Waals surface area (Å²) in [6, 6.07) is 0. The molecule has 0 saturated heterocycles. The fraction of sp³-hybridized carbons (Fsp3) is 0.143. The molecule has 1 N–H and O–H groups in total. The van der Waals surface area contributed by atoms with Gasteiger partial charge < -0.3 is 5.11 Å². The third kappa shape index (κ3) is 1.92. The van der Waals surface area contributed by atoms with E-state index in [4.69, 9.17) is 16.7 Å². The van der Waals surface area contributed by atoms with Crippen LogP contribution in [0.15, 0.2) is 12.4 Å². The van der Waals surface area contributed by atoms with E-state index in [0.717, 1.165) is 6.20 Å². The highest BCUT2D eigenvalue weighted by Crippen LogP contribution is 2.17. The van der Waals surface area contributed by atoms with Gasteiger partial charge in [0.15, 0.2) is 0 Å². The molecule has 1 rings (SSSR count). The molecule has 0 unspecified atom stereocenters. The Hall–Kier alpha value is -1.16. The maximum atomic E-state index is 12.8. The average molecular weight is 190 g/mol. The maximum absolute atomic E-state index is 12.8. The molecule has 0 spiro atoms. The first-order valence-electron chi connectivity index (χ1n) is 3.11. The zero-order valence-electron chi connectivity index (χ0n) is 5.92. The molecule has 0 bridgehead atoms. The number of hydrogen-bond acceptors (Lipinski definition) is 2. The summed E-state index contributed by atoms with van der Waals surface area (Å²) in [6.45, 7) is 0. The smallest absolute Gasteiger partial charge is 0.307 e.